The second kappa shape index (κ2) is 6.99. The van der Waals surface area contributed by atoms with Crippen molar-refractivity contribution in [2.45, 2.75) is 32.6 Å². The largest absolute Gasteiger partial charge is 0.313 e. The van der Waals surface area contributed by atoms with Crippen LogP contribution in [0.4, 0.5) is 0 Å². The minimum Gasteiger partial charge on any atom is -0.313 e. The number of benzene rings is 1. The molecule has 0 saturated carbocycles. The standard InChI is InChI=1S/C17H20N4O/c1-12(2)9-10-15(22)14(11-18)17-20-19-16(21(17)3)13-7-5-4-6-8-13/h4-8,12,14H,9-10H2,1-3H3/t14-/m1/s1. The molecule has 1 aromatic heterocycles. The Morgan fingerprint density at radius 3 is 2.55 bits per heavy atom. The zero-order chi connectivity index (χ0) is 16.1. The van der Waals surface area contributed by atoms with Crippen molar-refractivity contribution in [3.05, 3.63) is 36.2 Å². The Balaban J connectivity index is 2.27. The van der Waals surface area contributed by atoms with Gasteiger partial charge in [-0.05, 0) is 12.3 Å². The van der Waals surface area contributed by atoms with Gasteiger partial charge in [-0.15, -0.1) is 10.2 Å². The molecule has 0 radical (unpaired) electrons. The topological polar surface area (TPSA) is 71.6 Å². The highest BCUT2D eigenvalue weighted by Crippen LogP contribution is 2.23. The first-order valence-electron chi connectivity index (χ1n) is 7.41. The lowest BCUT2D eigenvalue weighted by Gasteiger charge is -2.09. The molecule has 1 aromatic carbocycles. The quantitative estimate of drug-likeness (QED) is 0.821. The third-order valence-electron chi connectivity index (χ3n) is 3.62. The van der Waals surface area contributed by atoms with E-state index < -0.39 is 5.92 Å². The molecule has 2 aromatic rings. The zero-order valence-electron chi connectivity index (χ0n) is 13.2. The van der Waals surface area contributed by atoms with Gasteiger partial charge in [0.05, 0.1) is 6.07 Å². The second-order valence-corrected chi connectivity index (χ2v) is 5.77. The molecule has 0 unspecified atom stereocenters. The normalized spacial score (nSPS) is 12.1. The molecule has 5 heteroatoms. The molecule has 0 aliphatic rings. The van der Waals surface area contributed by atoms with Gasteiger partial charge in [0, 0.05) is 19.0 Å². The monoisotopic (exact) mass is 296 g/mol. The van der Waals surface area contributed by atoms with Crippen LogP contribution in [0.15, 0.2) is 30.3 Å². The number of nitrogens with zero attached hydrogens (tertiary/aromatic N) is 4. The third kappa shape index (κ3) is 3.40. The number of nitriles is 1. The first-order valence-corrected chi connectivity index (χ1v) is 7.41. The molecule has 22 heavy (non-hydrogen) atoms. The van der Waals surface area contributed by atoms with Crippen molar-refractivity contribution in [3.8, 4) is 17.5 Å². The molecular weight excluding hydrogens is 276 g/mol. The molecule has 1 atom stereocenters. The molecule has 0 N–H and O–H groups in total. The van der Waals surface area contributed by atoms with Crippen LogP contribution in [-0.2, 0) is 11.8 Å². The molecule has 114 valence electrons. The van der Waals surface area contributed by atoms with Crippen molar-refractivity contribution in [1.29, 1.82) is 5.26 Å². The maximum absolute atomic E-state index is 12.3. The maximum Gasteiger partial charge on any atom is 0.164 e. The van der Waals surface area contributed by atoms with Crippen LogP contribution >= 0.6 is 0 Å². The predicted octanol–water partition coefficient (Wildman–Crippen LogP) is 3.09. The van der Waals surface area contributed by atoms with E-state index in [4.69, 9.17) is 0 Å². The van der Waals surface area contributed by atoms with Gasteiger partial charge >= 0.3 is 0 Å². The van der Waals surface area contributed by atoms with Gasteiger partial charge in [0.1, 0.15) is 0 Å². The summed E-state index contributed by atoms with van der Waals surface area (Å²) in [6.07, 6.45) is 1.17. The Morgan fingerprint density at radius 2 is 1.95 bits per heavy atom. The highest BCUT2D eigenvalue weighted by molar-refractivity contribution is 5.87. The van der Waals surface area contributed by atoms with Gasteiger partial charge in [0.25, 0.3) is 0 Å². The first kappa shape index (κ1) is 15.9. The minimum atomic E-state index is -0.853. The number of ketones is 1. The Morgan fingerprint density at radius 1 is 1.27 bits per heavy atom. The van der Waals surface area contributed by atoms with Crippen molar-refractivity contribution in [2.75, 3.05) is 0 Å². The molecule has 0 aliphatic carbocycles. The van der Waals surface area contributed by atoms with Crippen molar-refractivity contribution in [2.24, 2.45) is 13.0 Å². The van der Waals surface area contributed by atoms with Crippen LogP contribution in [0.2, 0.25) is 0 Å². The van der Waals surface area contributed by atoms with Crippen LogP contribution in [0.25, 0.3) is 11.4 Å². The molecule has 0 saturated heterocycles. The average Bonchev–Trinajstić information content (AvgIpc) is 2.89. The number of carbonyl (C=O) groups is 1. The van der Waals surface area contributed by atoms with Crippen molar-refractivity contribution >= 4 is 5.78 Å². The maximum atomic E-state index is 12.3. The summed E-state index contributed by atoms with van der Waals surface area (Å²) in [7, 11) is 1.79. The van der Waals surface area contributed by atoms with E-state index in [0.717, 1.165) is 12.0 Å². The van der Waals surface area contributed by atoms with E-state index in [2.05, 4.69) is 30.1 Å². The van der Waals surface area contributed by atoms with Crippen LogP contribution in [0.1, 0.15) is 38.4 Å². The number of aromatic nitrogens is 3. The lowest BCUT2D eigenvalue weighted by molar-refractivity contribution is -0.119. The van der Waals surface area contributed by atoms with Gasteiger partial charge < -0.3 is 4.57 Å². The molecule has 0 fully saturated rings. The summed E-state index contributed by atoms with van der Waals surface area (Å²) in [5.41, 5.74) is 0.912. The van der Waals surface area contributed by atoms with Gasteiger partial charge in [-0.25, -0.2) is 0 Å². The van der Waals surface area contributed by atoms with Gasteiger partial charge in [-0.1, -0.05) is 44.2 Å². The number of hydrogen-bond donors (Lipinski definition) is 0. The van der Waals surface area contributed by atoms with Crippen molar-refractivity contribution < 1.29 is 4.79 Å². The summed E-state index contributed by atoms with van der Waals surface area (Å²) in [5.74, 6) is 0.560. The van der Waals surface area contributed by atoms with E-state index in [0.29, 0.717) is 24.0 Å². The van der Waals surface area contributed by atoms with Gasteiger partial charge in [0.15, 0.2) is 23.3 Å². The van der Waals surface area contributed by atoms with E-state index in [1.165, 1.54) is 0 Å². The van der Waals surface area contributed by atoms with E-state index >= 15 is 0 Å². The summed E-state index contributed by atoms with van der Waals surface area (Å²) in [5, 5.41) is 17.6. The number of Topliss-reactive ketones (excluding diaryl/α,β-unsaturated/α-hetero) is 1. The smallest absolute Gasteiger partial charge is 0.164 e. The van der Waals surface area contributed by atoms with Gasteiger partial charge in [-0.3, -0.25) is 4.79 Å². The lowest BCUT2D eigenvalue weighted by atomic mass is 9.97. The SMILES string of the molecule is CC(C)CCC(=O)[C@@H](C#N)c1nnc(-c2ccccc2)n1C. The van der Waals surface area contributed by atoms with Crippen molar-refractivity contribution in [1.82, 2.24) is 14.8 Å². The molecule has 5 nitrogen and oxygen atoms in total. The van der Waals surface area contributed by atoms with Crippen LogP contribution in [0.5, 0.6) is 0 Å². The lowest BCUT2D eigenvalue weighted by Crippen LogP contribution is -2.16. The number of rotatable bonds is 6. The first-order chi connectivity index (χ1) is 10.5. The fraction of sp³-hybridized carbons (Fsp3) is 0.412. The molecule has 2 rings (SSSR count). The van der Waals surface area contributed by atoms with Gasteiger partial charge in [0.2, 0.25) is 0 Å². The summed E-state index contributed by atoms with van der Waals surface area (Å²) in [6.45, 7) is 4.12. The second-order valence-electron chi connectivity index (χ2n) is 5.77. The van der Waals surface area contributed by atoms with E-state index in [-0.39, 0.29) is 5.78 Å². The number of hydrogen-bond acceptors (Lipinski definition) is 4. The fourth-order valence-corrected chi connectivity index (χ4v) is 2.28. The highest BCUT2D eigenvalue weighted by Gasteiger charge is 2.26. The summed E-state index contributed by atoms with van der Waals surface area (Å²) in [4.78, 5) is 12.3. The Labute approximate surface area is 130 Å². The van der Waals surface area contributed by atoms with Crippen LogP contribution in [-0.4, -0.2) is 20.5 Å². The molecule has 1 heterocycles. The molecule has 0 bridgehead atoms. The summed E-state index contributed by atoms with van der Waals surface area (Å²) >= 11 is 0. The molecule has 0 amide bonds. The molecular formula is C17H20N4O. The van der Waals surface area contributed by atoms with Crippen LogP contribution < -0.4 is 0 Å². The Hall–Kier alpha value is -2.48. The Kier molecular flexibility index (Phi) is 5.05. The minimum absolute atomic E-state index is 0.0914. The zero-order valence-corrected chi connectivity index (χ0v) is 13.2. The summed E-state index contributed by atoms with van der Waals surface area (Å²) in [6, 6.07) is 11.7. The average molecular weight is 296 g/mol. The van der Waals surface area contributed by atoms with Crippen LogP contribution in [0, 0.1) is 17.2 Å². The van der Waals surface area contributed by atoms with E-state index in [9.17, 15) is 10.1 Å². The van der Waals surface area contributed by atoms with E-state index in [1.807, 2.05) is 30.3 Å². The van der Waals surface area contributed by atoms with Gasteiger partial charge in [-0.2, -0.15) is 5.26 Å². The van der Waals surface area contributed by atoms with Crippen LogP contribution in [0.3, 0.4) is 0 Å². The highest BCUT2D eigenvalue weighted by atomic mass is 16.1. The number of carbonyl (C=O) groups excluding carboxylic acids is 1. The molecule has 0 spiro atoms. The molecule has 0 aliphatic heterocycles. The van der Waals surface area contributed by atoms with E-state index in [1.54, 1.807) is 11.6 Å². The Bertz CT molecular complexity index is 682. The predicted molar refractivity (Wildman–Crippen MR) is 83.9 cm³/mol. The summed E-state index contributed by atoms with van der Waals surface area (Å²) < 4.78 is 1.73. The fourth-order valence-electron chi connectivity index (χ4n) is 2.28. The third-order valence-corrected chi connectivity index (χ3v) is 3.62. The van der Waals surface area contributed by atoms with Crippen molar-refractivity contribution in [3.63, 3.8) is 0 Å².